The van der Waals surface area contributed by atoms with Crippen LogP contribution in [0.1, 0.15) is 208 Å². The first-order valence-corrected chi connectivity index (χ1v) is 37.7. The highest BCUT2D eigenvalue weighted by atomic mass is 35.5. The molecule has 0 aliphatic heterocycles. The number of pyridine rings is 4. The summed E-state index contributed by atoms with van der Waals surface area (Å²) < 4.78 is 42.2. The van der Waals surface area contributed by atoms with Gasteiger partial charge >= 0.3 is 22.8 Å². The van der Waals surface area contributed by atoms with Gasteiger partial charge in [-0.15, -0.1) is 0 Å². The normalized spacial score (nSPS) is 11.0. The number of aromatic nitrogens is 12. The van der Waals surface area contributed by atoms with Gasteiger partial charge in [0, 0.05) is 91.5 Å². The topological polar surface area (TPSA) is 358 Å². The van der Waals surface area contributed by atoms with Crippen LogP contribution >= 0.6 is 23.2 Å². The number of H-pyrrole nitrogens is 4. The minimum absolute atomic E-state index is 0.0323. The first kappa shape index (κ1) is 87.9. The van der Waals surface area contributed by atoms with Gasteiger partial charge in [-0.05, 0) is 196 Å². The summed E-state index contributed by atoms with van der Waals surface area (Å²) in [6.45, 7) is 23.7. The van der Waals surface area contributed by atoms with Crippen LogP contribution in [0.4, 0.5) is 8.78 Å². The number of rotatable bonds is 22. The van der Waals surface area contributed by atoms with Crippen LogP contribution in [-0.2, 0) is 32.6 Å². The van der Waals surface area contributed by atoms with Crippen molar-refractivity contribution in [3.8, 4) is 11.8 Å². The molecule has 0 atom stereocenters. The van der Waals surface area contributed by atoms with Gasteiger partial charge in [-0.2, -0.15) is 8.78 Å². The molecule has 4 N–H and O–H groups in total. The van der Waals surface area contributed by atoms with E-state index in [1.54, 1.807) is 120 Å². The number of nitrogens with zero attached hydrogens (tertiary/aromatic N) is 8. The molecule has 0 aliphatic rings. The van der Waals surface area contributed by atoms with Crippen molar-refractivity contribution in [3.63, 3.8) is 0 Å². The highest BCUT2D eigenvalue weighted by Crippen LogP contribution is 2.27. The third kappa shape index (κ3) is 21.5. The van der Waals surface area contributed by atoms with Crippen LogP contribution in [-0.4, -0.2) is 95.5 Å². The number of ketones is 4. The molecule has 30 heteroatoms. The smallest absolute Gasteiger partial charge is 0.329 e. The molecule has 0 spiro atoms. The third-order valence-corrected chi connectivity index (χ3v) is 18.9. The monoisotopic (exact) mass is 1630 g/mol. The van der Waals surface area contributed by atoms with E-state index in [0.717, 1.165) is 53.6 Å². The molecule has 0 amide bonds. The van der Waals surface area contributed by atoms with Crippen molar-refractivity contribution in [2.45, 2.75) is 140 Å². The van der Waals surface area contributed by atoms with E-state index in [2.05, 4.69) is 39.9 Å². The van der Waals surface area contributed by atoms with Crippen molar-refractivity contribution in [2.75, 3.05) is 14.2 Å². The summed E-state index contributed by atoms with van der Waals surface area (Å²) >= 11 is 12.2. The van der Waals surface area contributed by atoms with Gasteiger partial charge in [-0.1, -0.05) is 106 Å². The van der Waals surface area contributed by atoms with Crippen molar-refractivity contribution >= 4 is 46.3 Å². The molecule has 606 valence electrons. The van der Waals surface area contributed by atoms with Crippen molar-refractivity contribution in [1.29, 1.82) is 0 Å². The van der Waals surface area contributed by atoms with Crippen LogP contribution in [0.25, 0.3) is 0 Å². The van der Waals surface area contributed by atoms with E-state index in [9.17, 15) is 66.3 Å². The molecule has 0 fully saturated rings. The van der Waals surface area contributed by atoms with Gasteiger partial charge in [0.2, 0.25) is 46.8 Å². The molecule has 117 heavy (non-hydrogen) atoms. The summed E-state index contributed by atoms with van der Waals surface area (Å²) in [5.41, 5.74) is 5.00. The fraction of sp³-hybridized carbons (Fsp3) is 0.264. The minimum atomic E-state index is -0.751. The number of hydrogen-bond donors (Lipinski definition) is 4. The molecule has 8 heterocycles. The van der Waals surface area contributed by atoms with E-state index in [4.69, 9.17) is 32.7 Å². The molecule has 12 rings (SSSR count). The predicted molar refractivity (Wildman–Crippen MR) is 441 cm³/mol. The molecule has 4 aromatic carbocycles. The van der Waals surface area contributed by atoms with Gasteiger partial charge in [0.1, 0.15) is 22.8 Å². The molecule has 0 bridgehead atoms. The van der Waals surface area contributed by atoms with E-state index in [0.29, 0.717) is 55.2 Å². The second-order valence-electron chi connectivity index (χ2n) is 28.8. The second-order valence-corrected chi connectivity index (χ2v) is 29.7. The number of carbonyl (C=O) groups excluding carboxylic acids is 4. The van der Waals surface area contributed by atoms with E-state index in [1.165, 1.54) is 72.1 Å². The average Bonchev–Trinajstić information content (AvgIpc) is 0.788. The first-order chi connectivity index (χ1) is 55.4. The Balaban J connectivity index is 0.000000178. The number of aryl methyl sites for hydroxylation is 6. The Morgan fingerprint density at radius 3 is 0.897 bits per heavy atom. The Hall–Kier alpha value is -13.1. The zero-order valence-corrected chi connectivity index (χ0v) is 68.4. The van der Waals surface area contributed by atoms with E-state index >= 15 is 0 Å². The number of aromatic amines is 4. The highest BCUT2D eigenvalue weighted by molar-refractivity contribution is 6.31. The zero-order valence-electron chi connectivity index (χ0n) is 66.9. The Morgan fingerprint density at radius 2 is 0.624 bits per heavy atom. The third-order valence-electron chi connectivity index (χ3n) is 18.5. The lowest BCUT2D eigenvalue weighted by Gasteiger charge is -2.18. The molecule has 12 aromatic rings. The molecule has 0 aliphatic carbocycles. The Morgan fingerprint density at radius 1 is 0.368 bits per heavy atom. The summed E-state index contributed by atoms with van der Waals surface area (Å²) in [5.74, 6) is -3.16. The Labute approximate surface area is 679 Å². The standard InChI is InChI=1S/2C23H25N3O4.C21H19ClFN3O3.C20H17ClFN3O3/c2*1-13(2)19-20(21(27)17-9-14(3)8-15(4)10-17)26(23(29)25-22(19)28)12-16-6-7-24-18(11-16)30-5;1-11(2)17-18(19(27)14-6-12(3)7-15(22)9-14)26(21(29)25-20(17)28)10-13-4-5-24-16(23)8-13;1-3-15-17(18(26)13-6-11(2)7-14(21)9-13)25(20(28)24-19(15)27)10-12-4-5-23-16(22)8-12/h2*6-11,13H,12H2,1-5H3,(H,25,28,29);4-9,11H,10H2,1-3H3,(H,25,28,29);4-9H,3,10H2,1-2H3,(H,24,27,28). The molecule has 0 saturated carbocycles. The summed E-state index contributed by atoms with van der Waals surface area (Å²) in [4.78, 5) is 179. The van der Waals surface area contributed by atoms with Crippen LogP contribution in [0.3, 0.4) is 0 Å². The lowest BCUT2D eigenvalue weighted by Crippen LogP contribution is -2.38. The van der Waals surface area contributed by atoms with Crippen molar-refractivity contribution < 1.29 is 37.4 Å². The minimum Gasteiger partial charge on any atom is -0.481 e. The highest BCUT2D eigenvalue weighted by Gasteiger charge is 2.30. The predicted octanol–water partition coefficient (Wildman–Crippen LogP) is 12.2. The van der Waals surface area contributed by atoms with E-state index < -0.39 is 68.5 Å². The molecule has 0 unspecified atom stereocenters. The molecular weight excluding hydrogens is 1550 g/mol. The fourth-order valence-electron chi connectivity index (χ4n) is 13.5. The maximum Gasteiger partial charge on any atom is 0.329 e. The maximum atomic E-state index is 13.6. The number of methoxy groups -OCH3 is 2. The number of hydrogen-bond acceptors (Lipinski definition) is 18. The number of benzene rings is 4. The van der Waals surface area contributed by atoms with Gasteiger partial charge in [0.15, 0.2) is 0 Å². The number of halogens is 4. The second kappa shape index (κ2) is 38.4. The van der Waals surface area contributed by atoms with Gasteiger partial charge in [0.25, 0.3) is 22.2 Å². The lowest BCUT2D eigenvalue weighted by atomic mass is 9.95. The summed E-state index contributed by atoms with van der Waals surface area (Å²) in [6.07, 6.45) is 5.91. The zero-order chi connectivity index (χ0) is 85.7. The number of nitrogens with one attached hydrogen (secondary N) is 4. The maximum absolute atomic E-state index is 13.6. The van der Waals surface area contributed by atoms with Gasteiger partial charge in [-0.3, -0.25) is 76.6 Å². The summed E-state index contributed by atoms with van der Waals surface area (Å²) in [7, 11) is 3.01. The number of carbonyl (C=O) groups is 4. The van der Waals surface area contributed by atoms with Gasteiger partial charge in [-0.25, -0.2) is 39.1 Å². The first-order valence-electron chi connectivity index (χ1n) is 36.9. The van der Waals surface area contributed by atoms with Crippen molar-refractivity contribution in [2.24, 2.45) is 0 Å². The molecule has 26 nitrogen and oxygen atoms in total. The van der Waals surface area contributed by atoms with E-state index in [-0.39, 0.29) is 107 Å². The van der Waals surface area contributed by atoms with Crippen LogP contribution in [0.2, 0.25) is 10.0 Å². The fourth-order valence-corrected chi connectivity index (χ4v) is 14.1. The quantitative estimate of drug-likeness (QED) is 0.0362. The van der Waals surface area contributed by atoms with Crippen molar-refractivity contribution in [1.82, 2.24) is 58.1 Å². The lowest BCUT2D eigenvalue weighted by molar-refractivity contribution is 0.101. The van der Waals surface area contributed by atoms with Gasteiger partial charge in [0.05, 0.1) is 40.4 Å². The van der Waals surface area contributed by atoms with Crippen LogP contribution in [0, 0.1) is 53.4 Å². The Bertz CT molecular complexity index is 6100. The molecule has 8 aromatic heterocycles. The number of ether oxygens (including phenoxy) is 2. The molecule has 0 saturated heterocycles. The summed E-state index contributed by atoms with van der Waals surface area (Å²) in [5, 5.41) is 0.741. The summed E-state index contributed by atoms with van der Waals surface area (Å²) in [6, 6.07) is 32.9. The van der Waals surface area contributed by atoms with Crippen LogP contribution in [0.15, 0.2) is 184 Å². The molecular formula is C87H86Cl2F2N12O14. The van der Waals surface area contributed by atoms with Crippen LogP contribution in [0.5, 0.6) is 11.8 Å². The van der Waals surface area contributed by atoms with Gasteiger partial charge < -0.3 is 9.47 Å². The van der Waals surface area contributed by atoms with Crippen LogP contribution < -0.4 is 54.5 Å². The largest absolute Gasteiger partial charge is 0.481 e. The average molecular weight is 1630 g/mol. The van der Waals surface area contributed by atoms with E-state index in [1.807, 2.05) is 67.5 Å². The molecule has 0 radical (unpaired) electrons. The van der Waals surface area contributed by atoms with Crippen molar-refractivity contribution in [3.05, 3.63) is 374 Å². The Kier molecular flexibility index (Phi) is 28.8. The SMILES string of the molecule is CCc1c(C(=O)c2cc(C)cc(Cl)c2)n(Cc2ccnc(F)c2)c(=O)[nH]c1=O.COc1cc(Cn2c(C(=O)c3cc(C)cc(C)c3)c(C(C)C)c(=O)[nH]c2=O)ccn1.COc1cc(Cn2c(C(=O)c3cc(C)cc(C)c3)c(C(C)C)c(=O)[nH]c2=O)ccn1.Cc1cc(Cl)cc(C(=O)c2c(C(C)C)c(=O)[nH]c(=O)n2Cc2ccnc(F)c2)c1.